The maximum atomic E-state index is 5.96. The number of nitrogen functional groups attached to an aromatic ring is 1. The van der Waals surface area contributed by atoms with E-state index in [9.17, 15) is 0 Å². The van der Waals surface area contributed by atoms with Crippen molar-refractivity contribution in [2.45, 2.75) is 27.4 Å². The highest BCUT2D eigenvalue weighted by Crippen LogP contribution is 2.36. The summed E-state index contributed by atoms with van der Waals surface area (Å²) in [6, 6.07) is 8.04. The predicted octanol–water partition coefficient (Wildman–Crippen LogP) is 5.30. The first-order chi connectivity index (χ1) is 9.38. The Morgan fingerprint density at radius 1 is 0.950 bits per heavy atom. The highest BCUT2D eigenvalue weighted by atomic mass is 79.9. The van der Waals surface area contributed by atoms with Crippen LogP contribution in [0, 0.1) is 20.8 Å². The van der Waals surface area contributed by atoms with Crippen molar-refractivity contribution in [3.05, 3.63) is 55.5 Å². The summed E-state index contributed by atoms with van der Waals surface area (Å²) in [5, 5.41) is 0. The third-order valence-electron chi connectivity index (χ3n) is 3.22. The number of hydrogen-bond acceptors (Lipinski definition) is 2. The first-order valence-electron chi connectivity index (χ1n) is 6.32. The highest BCUT2D eigenvalue weighted by Gasteiger charge is 2.10. The van der Waals surface area contributed by atoms with E-state index in [0.29, 0.717) is 12.3 Å². The second-order valence-electron chi connectivity index (χ2n) is 4.98. The molecule has 20 heavy (non-hydrogen) atoms. The maximum Gasteiger partial charge on any atom is 0.148 e. The van der Waals surface area contributed by atoms with Gasteiger partial charge in [-0.25, -0.2) is 0 Å². The molecule has 2 aromatic rings. The van der Waals surface area contributed by atoms with Gasteiger partial charge in [0, 0.05) is 5.69 Å². The van der Waals surface area contributed by atoms with Gasteiger partial charge < -0.3 is 10.5 Å². The molecule has 2 nitrogen and oxygen atoms in total. The first-order valence-corrected chi connectivity index (χ1v) is 7.91. The zero-order chi connectivity index (χ0) is 14.9. The van der Waals surface area contributed by atoms with Crippen LogP contribution in [0.1, 0.15) is 22.3 Å². The van der Waals surface area contributed by atoms with Gasteiger partial charge in [-0.15, -0.1) is 0 Å². The molecular weight excluding hydrogens is 382 g/mol. The Balaban J connectivity index is 2.26. The van der Waals surface area contributed by atoms with E-state index in [-0.39, 0.29) is 0 Å². The molecule has 0 spiro atoms. The maximum absolute atomic E-state index is 5.96. The average molecular weight is 399 g/mol. The third kappa shape index (κ3) is 3.36. The summed E-state index contributed by atoms with van der Waals surface area (Å²) >= 11 is 6.97. The summed E-state index contributed by atoms with van der Waals surface area (Å²) in [5.41, 5.74) is 11.5. The largest absolute Gasteiger partial charge is 0.487 e. The lowest BCUT2D eigenvalue weighted by Gasteiger charge is -2.15. The number of benzene rings is 2. The van der Waals surface area contributed by atoms with Gasteiger partial charge in [0.25, 0.3) is 0 Å². The minimum atomic E-state index is 0.541. The molecule has 0 aliphatic carbocycles. The molecule has 0 aliphatic heterocycles. The molecule has 106 valence electrons. The predicted molar refractivity (Wildman–Crippen MR) is 91.2 cm³/mol. The van der Waals surface area contributed by atoms with Crippen LogP contribution in [0.5, 0.6) is 5.75 Å². The van der Waals surface area contributed by atoms with Gasteiger partial charge in [-0.3, -0.25) is 0 Å². The zero-order valence-corrected chi connectivity index (χ0v) is 14.9. The lowest BCUT2D eigenvalue weighted by atomic mass is 10.0. The molecule has 2 N–H and O–H groups in total. The lowest BCUT2D eigenvalue weighted by molar-refractivity contribution is 0.300. The molecule has 2 aromatic carbocycles. The smallest absolute Gasteiger partial charge is 0.148 e. The minimum absolute atomic E-state index is 0.541. The van der Waals surface area contributed by atoms with Crippen LogP contribution >= 0.6 is 31.9 Å². The van der Waals surface area contributed by atoms with Crippen LogP contribution in [0.4, 0.5) is 5.69 Å². The fourth-order valence-corrected chi connectivity index (χ4v) is 3.75. The molecule has 0 atom stereocenters. The van der Waals surface area contributed by atoms with Gasteiger partial charge in [-0.2, -0.15) is 0 Å². The normalized spacial score (nSPS) is 10.7. The van der Waals surface area contributed by atoms with E-state index in [1.165, 1.54) is 22.3 Å². The van der Waals surface area contributed by atoms with E-state index < -0.39 is 0 Å². The second-order valence-corrected chi connectivity index (χ2v) is 6.69. The fraction of sp³-hybridized carbons (Fsp3) is 0.250. The second kappa shape index (κ2) is 6.19. The molecule has 0 heterocycles. The monoisotopic (exact) mass is 397 g/mol. The van der Waals surface area contributed by atoms with Crippen LogP contribution < -0.4 is 10.5 Å². The van der Waals surface area contributed by atoms with Crippen molar-refractivity contribution in [1.29, 1.82) is 0 Å². The topological polar surface area (TPSA) is 35.2 Å². The number of halogens is 2. The van der Waals surface area contributed by atoms with E-state index in [2.05, 4.69) is 64.8 Å². The molecule has 0 saturated carbocycles. The summed E-state index contributed by atoms with van der Waals surface area (Å²) in [6.45, 7) is 6.88. The fourth-order valence-electron chi connectivity index (χ4n) is 2.30. The summed E-state index contributed by atoms with van der Waals surface area (Å²) < 4.78 is 7.67. The molecule has 0 fully saturated rings. The van der Waals surface area contributed by atoms with Gasteiger partial charge in [0.2, 0.25) is 0 Å². The lowest BCUT2D eigenvalue weighted by Crippen LogP contribution is -2.02. The Kier molecular flexibility index (Phi) is 4.76. The van der Waals surface area contributed by atoms with Gasteiger partial charge in [-0.1, -0.05) is 17.7 Å². The molecule has 0 unspecified atom stereocenters. The van der Waals surface area contributed by atoms with E-state index in [4.69, 9.17) is 10.5 Å². The Morgan fingerprint density at radius 2 is 1.45 bits per heavy atom. The van der Waals surface area contributed by atoms with Crippen LogP contribution in [0.25, 0.3) is 0 Å². The number of ether oxygens (including phenoxy) is 1. The van der Waals surface area contributed by atoms with E-state index in [1.807, 2.05) is 12.1 Å². The van der Waals surface area contributed by atoms with Gasteiger partial charge in [-0.05, 0) is 81.5 Å². The van der Waals surface area contributed by atoms with Gasteiger partial charge in [0.1, 0.15) is 12.4 Å². The van der Waals surface area contributed by atoms with Crippen LogP contribution in [0.15, 0.2) is 33.2 Å². The third-order valence-corrected chi connectivity index (χ3v) is 4.40. The summed E-state index contributed by atoms with van der Waals surface area (Å²) in [5.74, 6) is 0.776. The molecule has 0 aromatic heterocycles. The van der Waals surface area contributed by atoms with Crippen LogP contribution in [0.3, 0.4) is 0 Å². The average Bonchev–Trinajstić information content (AvgIpc) is 2.30. The first kappa shape index (κ1) is 15.4. The molecule has 0 radical (unpaired) electrons. The zero-order valence-electron chi connectivity index (χ0n) is 11.8. The van der Waals surface area contributed by atoms with Crippen molar-refractivity contribution in [2.75, 3.05) is 5.73 Å². The Bertz CT molecular complexity index is 549. The van der Waals surface area contributed by atoms with Crippen LogP contribution in [-0.2, 0) is 6.61 Å². The SMILES string of the molecule is Cc1cc(C)c(COc2c(Br)cc(N)cc2Br)c(C)c1. The molecule has 0 bridgehead atoms. The van der Waals surface area contributed by atoms with Gasteiger partial charge in [0.05, 0.1) is 8.95 Å². The minimum Gasteiger partial charge on any atom is -0.487 e. The highest BCUT2D eigenvalue weighted by molar-refractivity contribution is 9.11. The van der Waals surface area contributed by atoms with E-state index >= 15 is 0 Å². The van der Waals surface area contributed by atoms with E-state index in [0.717, 1.165) is 14.7 Å². The molecule has 0 aliphatic rings. The summed E-state index contributed by atoms with van der Waals surface area (Å²) in [4.78, 5) is 0. The number of hydrogen-bond donors (Lipinski definition) is 1. The standard InChI is InChI=1S/C16H17Br2NO/c1-9-4-10(2)13(11(3)5-9)8-20-16-14(17)6-12(19)7-15(16)18/h4-7H,8,19H2,1-3H3. The number of aryl methyl sites for hydroxylation is 3. The molecule has 0 amide bonds. The van der Waals surface area contributed by atoms with Gasteiger partial charge >= 0.3 is 0 Å². The van der Waals surface area contributed by atoms with Crippen molar-refractivity contribution >= 4 is 37.5 Å². The molecular formula is C16H17Br2NO. The van der Waals surface area contributed by atoms with Crippen molar-refractivity contribution in [3.63, 3.8) is 0 Å². The van der Waals surface area contributed by atoms with Crippen molar-refractivity contribution in [2.24, 2.45) is 0 Å². The Morgan fingerprint density at radius 3 is 1.95 bits per heavy atom. The van der Waals surface area contributed by atoms with Crippen molar-refractivity contribution in [3.8, 4) is 5.75 Å². The Labute approximate surface area is 136 Å². The molecule has 4 heteroatoms. The number of nitrogens with two attached hydrogens (primary N) is 1. The molecule has 0 saturated heterocycles. The summed E-state index contributed by atoms with van der Waals surface area (Å²) in [7, 11) is 0. The van der Waals surface area contributed by atoms with Crippen LogP contribution in [-0.4, -0.2) is 0 Å². The Hall–Kier alpha value is -1.000. The van der Waals surface area contributed by atoms with Gasteiger partial charge in [0.15, 0.2) is 0 Å². The van der Waals surface area contributed by atoms with Crippen molar-refractivity contribution in [1.82, 2.24) is 0 Å². The quantitative estimate of drug-likeness (QED) is 0.712. The number of anilines is 1. The summed E-state index contributed by atoms with van der Waals surface area (Å²) in [6.07, 6.45) is 0. The van der Waals surface area contributed by atoms with E-state index in [1.54, 1.807) is 0 Å². The van der Waals surface area contributed by atoms with Crippen molar-refractivity contribution < 1.29 is 4.74 Å². The number of rotatable bonds is 3. The van der Waals surface area contributed by atoms with Crippen LogP contribution in [0.2, 0.25) is 0 Å². The molecule has 2 rings (SSSR count).